The number of ether oxygens (including phenoxy) is 3. The maximum Gasteiger partial charge on any atom is 0.233 e. The van der Waals surface area contributed by atoms with Crippen molar-refractivity contribution in [1.82, 2.24) is 0 Å². The highest BCUT2D eigenvalue weighted by atomic mass is 31.2. The van der Waals surface area contributed by atoms with Crippen molar-refractivity contribution in [3.63, 3.8) is 0 Å². The Kier molecular flexibility index (Phi) is 8.98. The number of hydrogen-bond donors (Lipinski definition) is 0. The lowest BCUT2D eigenvalue weighted by atomic mass is 10.0. The predicted octanol–water partition coefficient (Wildman–Crippen LogP) is 5.76. The van der Waals surface area contributed by atoms with Crippen LogP contribution in [0, 0.1) is 5.92 Å². The van der Waals surface area contributed by atoms with Crippen molar-refractivity contribution in [3.05, 3.63) is 48.0 Å². The molecular weight excluding hydrogens is 399 g/mol. The Morgan fingerprint density at radius 1 is 0.967 bits per heavy atom. The van der Waals surface area contributed by atoms with Crippen LogP contribution < -0.4 is 19.5 Å². The molecule has 0 heterocycles. The summed E-state index contributed by atoms with van der Waals surface area (Å²) in [6, 6.07) is 12.3. The van der Waals surface area contributed by atoms with Gasteiger partial charge in [0.05, 0.1) is 21.3 Å². The molecule has 0 aliphatic carbocycles. The molecule has 0 saturated carbocycles. The van der Waals surface area contributed by atoms with Crippen LogP contribution in [-0.4, -0.2) is 33.0 Å². The minimum Gasteiger partial charge on any atom is -0.496 e. The van der Waals surface area contributed by atoms with Gasteiger partial charge in [0.15, 0.2) is 7.14 Å². The summed E-state index contributed by atoms with van der Waals surface area (Å²) in [6.07, 6.45) is 4.29. The van der Waals surface area contributed by atoms with E-state index in [4.69, 9.17) is 14.2 Å². The highest BCUT2D eigenvalue weighted by Gasteiger charge is 2.39. The summed E-state index contributed by atoms with van der Waals surface area (Å²) in [5.41, 5.74) is -0.224. The highest BCUT2D eigenvalue weighted by Crippen LogP contribution is 2.53. The summed E-state index contributed by atoms with van der Waals surface area (Å²) in [7, 11) is 1.05. The second-order valence-corrected chi connectivity index (χ2v) is 10.2. The first-order chi connectivity index (χ1) is 14.4. The summed E-state index contributed by atoms with van der Waals surface area (Å²) in [5, 5.41) is 0.574. The molecule has 0 aliphatic heterocycles. The van der Waals surface area contributed by atoms with Crippen molar-refractivity contribution < 1.29 is 23.6 Å². The molecule has 0 N–H and O–H groups in total. The standard InChI is InChI=1S/C24H33O5P/c1-6-8-12-18(7-2)17-30(26,20-13-10-9-11-14-20)24(25)23-21(28-4)15-19(27-3)16-22(23)29-5/h9-11,13-16,18H,6-8,12,17H2,1-5H3. The monoisotopic (exact) mass is 432 g/mol. The van der Waals surface area contributed by atoms with Gasteiger partial charge in [0, 0.05) is 23.6 Å². The molecule has 0 aromatic heterocycles. The van der Waals surface area contributed by atoms with Gasteiger partial charge < -0.3 is 18.8 Å². The first-order valence-electron chi connectivity index (χ1n) is 10.4. The first kappa shape index (κ1) is 24.0. The van der Waals surface area contributed by atoms with Crippen molar-refractivity contribution >= 4 is 18.0 Å². The van der Waals surface area contributed by atoms with Crippen molar-refractivity contribution in [2.75, 3.05) is 27.5 Å². The summed E-state index contributed by atoms with van der Waals surface area (Å²) < 4.78 is 30.7. The van der Waals surface area contributed by atoms with E-state index in [2.05, 4.69) is 13.8 Å². The zero-order chi connectivity index (χ0) is 22.1. The smallest absolute Gasteiger partial charge is 0.233 e. The Morgan fingerprint density at radius 2 is 1.57 bits per heavy atom. The fourth-order valence-electron chi connectivity index (χ4n) is 3.65. The molecule has 0 radical (unpaired) electrons. The van der Waals surface area contributed by atoms with Crippen molar-refractivity contribution in [2.24, 2.45) is 5.92 Å². The van der Waals surface area contributed by atoms with E-state index in [0.29, 0.717) is 28.7 Å². The lowest BCUT2D eigenvalue weighted by Crippen LogP contribution is -2.21. The number of unbranched alkanes of at least 4 members (excludes halogenated alkanes) is 1. The van der Waals surface area contributed by atoms with Crippen LogP contribution >= 0.6 is 7.14 Å². The third-order valence-electron chi connectivity index (χ3n) is 5.49. The largest absolute Gasteiger partial charge is 0.496 e. The van der Waals surface area contributed by atoms with Gasteiger partial charge in [0.25, 0.3) is 0 Å². The minimum atomic E-state index is -3.44. The first-order valence-corrected chi connectivity index (χ1v) is 12.3. The minimum absolute atomic E-state index is 0.204. The molecular formula is C24H33O5P. The SMILES string of the molecule is CCCCC(CC)CP(=O)(C(=O)c1c(OC)cc(OC)cc1OC)c1ccccc1. The molecule has 0 amide bonds. The van der Waals surface area contributed by atoms with Crippen molar-refractivity contribution in [2.45, 2.75) is 39.5 Å². The van der Waals surface area contributed by atoms with E-state index in [1.54, 1.807) is 24.3 Å². The van der Waals surface area contributed by atoms with Crippen molar-refractivity contribution in [1.29, 1.82) is 0 Å². The van der Waals surface area contributed by atoms with Gasteiger partial charge in [0.2, 0.25) is 5.52 Å². The maximum absolute atomic E-state index is 14.4. The van der Waals surface area contributed by atoms with Gasteiger partial charge in [-0.1, -0.05) is 63.4 Å². The third kappa shape index (κ3) is 5.26. The number of carbonyl (C=O) groups excluding carboxylic acids is 1. The molecule has 0 aliphatic rings. The number of hydrogen-bond acceptors (Lipinski definition) is 5. The average molecular weight is 432 g/mol. The van der Waals surface area contributed by atoms with Gasteiger partial charge in [-0.3, -0.25) is 4.79 Å². The van der Waals surface area contributed by atoms with Crippen LogP contribution in [0.1, 0.15) is 49.9 Å². The summed E-state index contributed by atoms with van der Waals surface area (Å²) in [6.45, 7) is 4.23. The molecule has 6 heteroatoms. The van der Waals surface area contributed by atoms with Crippen LogP contribution in [0.25, 0.3) is 0 Å². The molecule has 0 spiro atoms. The Hall–Kier alpha value is -2.26. The zero-order valence-corrected chi connectivity index (χ0v) is 19.5. The fraction of sp³-hybridized carbons (Fsp3) is 0.458. The van der Waals surface area contributed by atoms with E-state index in [0.717, 1.165) is 25.7 Å². The fourth-order valence-corrected chi connectivity index (χ4v) is 6.67. The van der Waals surface area contributed by atoms with Crippen LogP contribution in [0.2, 0.25) is 0 Å². The molecule has 0 bridgehead atoms. The van der Waals surface area contributed by atoms with E-state index in [1.165, 1.54) is 21.3 Å². The summed E-state index contributed by atoms with van der Waals surface area (Å²) in [5.74, 6) is 1.31. The Morgan fingerprint density at radius 3 is 2.03 bits per heavy atom. The van der Waals surface area contributed by atoms with E-state index in [-0.39, 0.29) is 11.5 Å². The quantitative estimate of drug-likeness (QED) is 0.399. The molecule has 164 valence electrons. The van der Waals surface area contributed by atoms with Crippen LogP contribution in [0.4, 0.5) is 0 Å². The van der Waals surface area contributed by atoms with E-state index >= 15 is 0 Å². The second kappa shape index (κ2) is 11.2. The van der Waals surface area contributed by atoms with E-state index in [9.17, 15) is 9.36 Å². The van der Waals surface area contributed by atoms with Crippen LogP contribution in [0.5, 0.6) is 17.2 Å². The topological polar surface area (TPSA) is 61.8 Å². The Labute approximate surface area is 180 Å². The molecule has 0 fully saturated rings. The Bertz CT molecular complexity index is 853. The maximum atomic E-state index is 14.4. The molecule has 0 saturated heterocycles. The molecule has 2 atom stereocenters. The average Bonchev–Trinajstić information content (AvgIpc) is 2.80. The molecule has 30 heavy (non-hydrogen) atoms. The molecule has 2 aromatic rings. The zero-order valence-electron chi connectivity index (χ0n) is 18.6. The molecule has 2 unspecified atom stereocenters. The Balaban J connectivity index is 2.62. The number of rotatable bonds is 12. The second-order valence-electron chi connectivity index (χ2n) is 7.39. The van der Waals surface area contributed by atoms with Gasteiger partial charge in [-0.15, -0.1) is 0 Å². The van der Waals surface area contributed by atoms with E-state index < -0.39 is 12.7 Å². The van der Waals surface area contributed by atoms with Crippen LogP contribution in [-0.2, 0) is 4.57 Å². The lowest BCUT2D eigenvalue weighted by molar-refractivity contribution is 0.106. The summed E-state index contributed by atoms with van der Waals surface area (Å²) in [4.78, 5) is 13.9. The number of methoxy groups -OCH3 is 3. The lowest BCUT2D eigenvalue weighted by Gasteiger charge is -2.24. The van der Waals surface area contributed by atoms with Gasteiger partial charge in [-0.25, -0.2) is 0 Å². The molecule has 2 rings (SSSR count). The van der Waals surface area contributed by atoms with Gasteiger partial charge in [0.1, 0.15) is 22.8 Å². The predicted molar refractivity (Wildman–Crippen MR) is 122 cm³/mol. The van der Waals surface area contributed by atoms with Gasteiger partial charge in [-0.05, 0) is 12.3 Å². The van der Waals surface area contributed by atoms with Crippen LogP contribution in [0.15, 0.2) is 42.5 Å². The third-order valence-corrected chi connectivity index (χ3v) is 8.53. The highest BCUT2D eigenvalue weighted by molar-refractivity contribution is 7.87. The van der Waals surface area contributed by atoms with E-state index in [1.807, 2.05) is 18.2 Å². The van der Waals surface area contributed by atoms with Gasteiger partial charge in [-0.2, -0.15) is 0 Å². The summed E-state index contributed by atoms with van der Waals surface area (Å²) >= 11 is 0. The van der Waals surface area contributed by atoms with Crippen LogP contribution in [0.3, 0.4) is 0 Å². The number of carbonyl (C=O) groups is 1. The van der Waals surface area contributed by atoms with Crippen molar-refractivity contribution in [3.8, 4) is 17.2 Å². The van der Waals surface area contributed by atoms with Gasteiger partial charge >= 0.3 is 0 Å². The molecule has 5 nitrogen and oxygen atoms in total. The normalized spacial score (nSPS) is 13.9. The molecule has 2 aromatic carbocycles. The number of benzene rings is 2.